The number of hydrogen-bond donors (Lipinski definition) is 0. The van der Waals surface area contributed by atoms with Crippen LogP contribution in [0.25, 0.3) is 0 Å². The molecule has 0 spiro atoms. The number of hydrogen-bond acceptors (Lipinski definition) is 3. The summed E-state index contributed by atoms with van der Waals surface area (Å²) in [6, 6.07) is 0. The molecular formula is C23H44BrNO2. The zero-order chi connectivity index (χ0) is 20.3. The Morgan fingerprint density at radius 3 is 1.78 bits per heavy atom. The number of ether oxygens (including phenoxy) is 1. The van der Waals surface area contributed by atoms with Gasteiger partial charge in [-0.3, -0.25) is 0 Å². The van der Waals surface area contributed by atoms with Crippen molar-refractivity contribution in [3.8, 4) is 0 Å². The highest BCUT2D eigenvalue weighted by Crippen LogP contribution is 2.17. The predicted octanol–water partition coefficient (Wildman–Crippen LogP) is 7.24. The van der Waals surface area contributed by atoms with E-state index in [2.05, 4.69) is 29.4 Å². The van der Waals surface area contributed by atoms with Crippen molar-refractivity contribution in [2.75, 3.05) is 20.6 Å². The lowest BCUT2D eigenvalue weighted by Gasteiger charge is -2.14. The van der Waals surface area contributed by atoms with Gasteiger partial charge in [-0.05, 0) is 49.3 Å². The van der Waals surface area contributed by atoms with Gasteiger partial charge in [0.05, 0.1) is 0 Å². The summed E-state index contributed by atoms with van der Waals surface area (Å²) >= 11 is 3.47. The summed E-state index contributed by atoms with van der Waals surface area (Å²) in [5.41, 5.74) is 0.554. The normalized spacial score (nSPS) is 12.3. The van der Waals surface area contributed by atoms with Crippen LogP contribution in [0.15, 0.2) is 12.2 Å². The molecule has 0 aliphatic rings. The number of esters is 1. The van der Waals surface area contributed by atoms with Gasteiger partial charge in [0.2, 0.25) is 0 Å². The predicted molar refractivity (Wildman–Crippen MR) is 121 cm³/mol. The minimum Gasteiger partial charge on any atom is -0.447 e. The summed E-state index contributed by atoms with van der Waals surface area (Å²) in [7, 11) is 3.97. The summed E-state index contributed by atoms with van der Waals surface area (Å²) in [6.45, 7) is 6.92. The van der Waals surface area contributed by atoms with E-state index in [0.29, 0.717) is 12.0 Å². The van der Waals surface area contributed by atoms with Gasteiger partial charge >= 0.3 is 5.97 Å². The third-order valence-electron chi connectivity index (χ3n) is 4.92. The Morgan fingerprint density at radius 2 is 1.33 bits per heavy atom. The van der Waals surface area contributed by atoms with Crippen molar-refractivity contribution in [1.29, 1.82) is 0 Å². The quantitative estimate of drug-likeness (QED) is 0.0906. The number of unbranched alkanes of at least 4 members (excludes halogenated alkanes) is 12. The van der Waals surface area contributed by atoms with Crippen LogP contribution in [-0.2, 0) is 9.53 Å². The van der Waals surface area contributed by atoms with Crippen molar-refractivity contribution >= 4 is 21.9 Å². The number of carbonyl (C=O) groups is 1. The van der Waals surface area contributed by atoms with Crippen molar-refractivity contribution in [2.45, 2.75) is 108 Å². The molecule has 27 heavy (non-hydrogen) atoms. The molecule has 0 aliphatic heterocycles. The van der Waals surface area contributed by atoms with Crippen molar-refractivity contribution < 1.29 is 9.53 Å². The number of carbonyl (C=O) groups excluding carboxylic acids is 1. The monoisotopic (exact) mass is 445 g/mol. The standard InChI is InChI=1S/C23H44BrNO2/c1-5-6-7-8-9-10-11-12-13-14-15-16-17-18-22(24)27-23(26)21(2)19-20-25(3)4/h22H,2,5-20H2,1,3-4H3. The largest absolute Gasteiger partial charge is 0.447 e. The first-order valence-corrected chi connectivity index (χ1v) is 12.1. The molecule has 3 nitrogen and oxygen atoms in total. The first-order valence-electron chi connectivity index (χ1n) is 11.1. The SMILES string of the molecule is C=C(CCN(C)C)C(=O)OC(Br)CCCCCCCCCCCCCCC. The van der Waals surface area contributed by atoms with Crippen LogP contribution in [0.5, 0.6) is 0 Å². The van der Waals surface area contributed by atoms with E-state index in [1.807, 2.05) is 19.0 Å². The maximum Gasteiger partial charge on any atom is 0.334 e. The Labute approximate surface area is 177 Å². The van der Waals surface area contributed by atoms with Crippen molar-refractivity contribution in [3.05, 3.63) is 12.2 Å². The lowest BCUT2D eigenvalue weighted by atomic mass is 10.0. The molecule has 0 bridgehead atoms. The molecule has 1 atom stereocenters. The van der Waals surface area contributed by atoms with E-state index in [-0.39, 0.29) is 11.0 Å². The van der Waals surface area contributed by atoms with Crippen LogP contribution in [0.2, 0.25) is 0 Å². The summed E-state index contributed by atoms with van der Waals surface area (Å²) in [5, 5.41) is -0.186. The molecule has 160 valence electrons. The fourth-order valence-corrected chi connectivity index (χ4v) is 3.54. The van der Waals surface area contributed by atoms with Gasteiger partial charge in [0.15, 0.2) is 5.01 Å². The second-order valence-electron chi connectivity index (χ2n) is 8.00. The first kappa shape index (κ1) is 26.6. The highest BCUT2D eigenvalue weighted by Gasteiger charge is 2.14. The van der Waals surface area contributed by atoms with E-state index in [0.717, 1.165) is 19.4 Å². The van der Waals surface area contributed by atoms with E-state index in [4.69, 9.17) is 4.74 Å². The fraction of sp³-hybridized carbons (Fsp3) is 0.870. The van der Waals surface area contributed by atoms with Gasteiger partial charge in [-0.2, -0.15) is 0 Å². The van der Waals surface area contributed by atoms with Gasteiger partial charge in [-0.1, -0.05) is 90.6 Å². The van der Waals surface area contributed by atoms with Crippen LogP contribution in [-0.4, -0.2) is 36.5 Å². The molecule has 4 heteroatoms. The molecule has 1 unspecified atom stereocenters. The molecule has 0 radical (unpaired) electrons. The van der Waals surface area contributed by atoms with Gasteiger partial charge in [-0.25, -0.2) is 4.79 Å². The Morgan fingerprint density at radius 1 is 0.889 bits per heavy atom. The maximum atomic E-state index is 11.9. The van der Waals surface area contributed by atoms with E-state index < -0.39 is 0 Å². The molecule has 0 amide bonds. The topological polar surface area (TPSA) is 29.5 Å². The molecule has 0 aromatic carbocycles. The Kier molecular flexibility index (Phi) is 18.7. The fourth-order valence-electron chi connectivity index (χ4n) is 3.04. The molecule has 0 saturated carbocycles. The zero-order valence-corrected chi connectivity index (χ0v) is 19.8. The van der Waals surface area contributed by atoms with Crippen LogP contribution in [0.1, 0.15) is 103 Å². The molecule has 0 N–H and O–H groups in total. The van der Waals surface area contributed by atoms with Crippen LogP contribution >= 0.6 is 15.9 Å². The third-order valence-corrected chi connectivity index (χ3v) is 5.56. The van der Waals surface area contributed by atoms with E-state index in [1.54, 1.807) is 0 Å². The van der Waals surface area contributed by atoms with Gasteiger partial charge in [0, 0.05) is 12.1 Å². The second kappa shape index (κ2) is 19.0. The van der Waals surface area contributed by atoms with Crippen LogP contribution < -0.4 is 0 Å². The Bertz CT molecular complexity index is 371. The molecule has 0 aromatic rings. The Balaban J connectivity index is 3.41. The molecule has 0 aromatic heterocycles. The summed E-state index contributed by atoms with van der Waals surface area (Å²) < 4.78 is 5.41. The van der Waals surface area contributed by atoms with Gasteiger partial charge in [0.25, 0.3) is 0 Å². The van der Waals surface area contributed by atoms with Crippen molar-refractivity contribution in [3.63, 3.8) is 0 Å². The minimum atomic E-state index is -0.270. The first-order chi connectivity index (χ1) is 13.0. The highest BCUT2D eigenvalue weighted by molar-refractivity contribution is 9.09. The molecule has 0 saturated heterocycles. The Hall–Kier alpha value is -0.350. The number of alkyl halides is 1. The van der Waals surface area contributed by atoms with Gasteiger partial charge in [0.1, 0.15) is 0 Å². The summed E-state index contributed by atoms with van der Waals surface area (Å²) in [5.74, 6) is -0.270. The maximum absolute atomic E-state index is 11.9. The van der Waals surface area contributed by atoms with Crippen LogP contribution in [0.4, 0.5) is 0 Å². The average molecular weight is 447 g/mol. The van der Waals surface area contributed by atoms with Gasteiger partial charge < -0.3 is 9.64 Å². The molecule has 0 rings (SSSR count). The second-order valence-corrected chi connectivity index (χ2v) is 9.02. The van der Waals surface area contributed by atoms with Gasteiger partial charge in [-0.15, -0.1) is 0 Å². The number of rotatable bonds is 19. The molecule has 0 aliphatic carbocycles. The zero-order valence-electron chi connectivity index (χ0n) is 18.2. The molecule has 0 heterocycles. The van der Waals surface area contributed by atoms with Crippen LogP contribution in [0, 0.1) is 0 Å². The highest BCUT2D eigenvalue weighted by atomic mass is 79.9. The van der Waals surface area contributed by atoms with Crippen molar-refractivity contribution in [2.24, 2.45) is 0 Å². The molecule has 0 fully saturated rings. The van der Waals surface area contributed by atoms with E-state index >= 15 is 0 Å². The average Bonchev–Trinajstić information content (AvgIpc) is 2.63. The summed E-state index contributed by atoms with van der Waals surface area (Å²) in [4.78, 5) is 14.0. The van der Waals surface area contributed by atoms with Crippen molar-refractivity contribution in [1.82, 2.24) is 4.90 Å². The summed E-state index contributed by atoms with van der Waals surface area (Å²) in [6.07, 6.45) is 19.1. The number of halogens is 1. The number of nitrogens with zero attached hydrogens (tertiary/aromatic N) is 1. The molecular weight excluding hydrogens is 402 g/mol. The lowest BCUT2D eigenvalue weighted by Crippen LogP contribution is -2.18. The van der Waals surface area contributed by atoms with Crippen LogP contribution in [0.3, 0.4) is 0 Å². The van der Waals surface area contributed by atoms with E-state index in [9.17, 15) is 4.79 Å². The smallest absolute Gasteiger partial charge is 0.334 e. The third kappa shape index (κ3) is 18.8. The van der Waals surface area contributed by atoms with E-state index in [1.165, 1.54) is 77.0 Å². The minimum absolute atomic E-state index is 0.186. The lowest BCUT2D eigenvalue weighted by molar-refractivity contribution is -0.140.